The van der Waals surface area contributed by atoms with E-state index in [2.05, 4.69) is 0 Å². The first kappa shape index (κ1) is 10.4. The zero-order valence-corrected chi connectivity index (χ0v) is 8.63. The van der Waals surface area contributed by atoms with Gasteiger partial charge in [-0.25, -0.2) is 8.78 Å². The molecule has 0 radical (unpaired) electrons. The first-order valence-electron chi connectivity index (χ1n) is 4.95. The van der Waals surface area contributed by atoms with E-state index in [4.69, 9.17) is 5.73 Å². The minimum Gasteiger partial charge on any atom is -0.373 e. The van der Waals surface area contributed by atoms with Crippen molar-refractivity contribution in [1.29, 1.82) is 0 Å². The Kier molecular flexibility index (Phi) is 2.38. The van der Waals surface area contributed by atoms with Crippen molar-refractivity contribution in [2.24, 2.45) is 5.73 Å². The van der Waals surface area contributed by atoms with Gasteiger partial charge in [0, 0.05) is 30.9 Å². The van der Waals surface area contributed by atoms with E-state index >= 15 is 0 Å². The van der Waals surface area contributed by atoms with Gasteiger partial charge in [-0.1, -0.05) is 0 Å². The molecule has 1 aromatic rings. The summed E-state index contributed by atoms with van der Waals surface area (Å²) in [7, 11) is 1.83. The smallest absolute Gasteiger partial charge is 0.160 e. The van der Waals surface area contributed by atoms with Crippen LogP contribution >= 0.6 is 0 Å². The van der Waals surface area contributed by atoms with Crippen LogP contribution in [-0.4, -0.2) is 19.1 Å². The fraction of sp³-hybridized carbons (Fsp3) is 0.455. The third-order valence-corrected chi connectivity index (χ3v) is 2.79. The Balaban J connectivity index is 2.11. The number of halogens is 2. The third-order valence-electron chi connectivity index (χ3n) is 2.79. The molecule has 2 nitrogen and oxygen atoms in total. The van der Waals surface area contributed by atoms with Gasteiger partial charge in [-0.3, -0.25) is 0 Å². The number of hydrogen-bond donors (Lipinski definition) is 1. The summed E-state index contributed by atoms with van der Waals surface area (Å²) in [5.74, 6) is -1.64. The molecule has 2 rings (SSSR count). The second-order valence-corrected chi connectivity index (χ2v) is 4.32. The molecule has 1 fully saturated rings. The van der Waals surface area contributed by atoms with Crippen LogP contribution in [0.3, 0.4) is 0 Å². The number of nitrogens with zero attached hydrogens (tertiary/aromatic N) is 1. The van der Waals surface area contributed by atoms with E-state index in [1.54, 1.807) is 6.07 Å². The summed E-state index contributed by atoms with van der Waals surface area (Å²) >= 11 is 0. The number of hydrogen-bond acceptors (Lipinski definition) is 2. The van der Waals surface area contributed by atoms with Gasteiger partial charge in [0.05, 0.1) is 0 Å². The van der Waals surface area contributed by atoms with Gasteiger partial charge in [0.1, 0.15) is 0 Å². The normalized spacial score (nSPS) is 17.6. The topological polar surface area (TPSA) is 29.3 Å². The van der Waals surface area contributed by atoms with Gasteiger partial charge in [0.15, 0.2) is 11.6 Å². The lowest BCUT2D eigenvalue weighted by Crippen LogP contribution is -2.37. The SMILES string of the molecule is CN(CC1(N)CC1)c1ccc(F)c(F)c1. The van der Waals surface area contributed by atoms with Crippen LogP contribution in [0.4, 0.5) is 14.5 Å². The molecule has 82 valence electrons. The molecule has 2 N–H and O–H groups in total. The quantitative estimate of drug-likeness (QED) is 0.829. The Morgan fingerprint density at radius 1 is 1.33 bits per heavy atom. The van der Waals surface area contributed by atoms with Gasteiger partial charge in [0.2, 0.25) is 0 Å². The Morgan fingerprint density at radius 2 is 2.00 bits per heavy atom. The number of benzene rings is 1. The molecule has 0 bridgehead atoms. The molecule has 1 aromatic carbocycles. The molecule has 1 aliphatic carbocycles. The van der Waals surface area contributed by atoms with E-state index < -0.39 is 11.6 Å². The van der Waals surface area contributed by atoms with Crippen LogP contribution in [0, 0.1) is 11.6 Å². The fourth-order valence-corrected chi connectivity index (χ4v) is 1.60. The standard InChI is InChI=1S/C11H14F2N2/c1-15(7-11(14)4-5-11)8-2-3-9(12)10(13)6-8/h2-3,6H,4-5,7,14H2,1H3. The van der Waals surface area contributed by atoms with Crippen LogP contribution < -0.4 is 10.6 Å². The molecule has 0 aliphatic heterocycles. The number of rotatable bonds is 3. The molecule has 0 unspecified atom stereocenters. The second-order valence-electron chi connectivity index (χ2n) is 4.32. The van der Waals surface area contributed by atoms with Crippen LogP contribution in [0.5, 0.6) is 0 Å². The first-order valence-corrected chi connectivity index (χ1v) is 4.95. The lowest BCUT2D eigenvalue weighted by molar-refractivity contribution is 0.508. The van der Waals surface area contributed by atoms with Crippen molar-refractivity contribution in [2.75, 3.05) is 18.5 Å². The number of likely N-dealkylation sites (N-methyl/N-ethyl adjacent to an activating group) is 1. The Hall–Kier alpha value is -1.16. The predicted molar refractivity (Wildman–Crippen MR) is 55.8 cm³/mol. The lowest BCUT2D eigenvalue weighted by Gasteiger charge is -2.23. The number of anilines is 1. The minimum atomic E-state index is -0.818. The van der Waals surface area contributed by atoms with Crippen LogP contribution in [-0.2, 0) is 0 Å². The van der Waals surface area contributed by atoms with Gasteiger partial charge in [-0.2, -0.15) is 0 Å². The molecule has 0 aromatic heterocycles. The van der Waals surface area contributed by atoms with Crippen molar-refractivity contribution < 1.29 is 8.78 Å². The second kappa shape index (κ2) is 3.45. The van der Waals surface area contributed by atoms with Crippen molar-refractivity contribution in [3.63, 3.8) is 0 Å². The van der Waals surface area contributed by atoms with Gasteiger partial charge < -0.3 is 10.6 Å². The van der Waals surface area contributed by atoms with Gasteiger partial charge in [0.25, 0.3) is 0 Å². The number of nitrogens with two attached hydrogens (primary N) is 1. The predicted octanol–water partition coefficient (Wildman–Crippen LogP) is 1.89. The van der Waals surface area contributed by atoms with E-state index in [9.17, 15) is 8.78 Å². The summed E-state index contributed by atoms with van der Waals surface area (Å²) in [6.07, 6.45) is 2.00. The highest BCUT2D eigenvalue weighted by Crippen LogP contribution is 2.33. The molecular formula is C11H14F2N2. The monoisotopic (exact) mass is 212 g/mol. The highest BCUT2D eigenvalue weighted by molar-refractivity contribution is 5.46. The average Bonchev–Trinajstić information content (AvgIpc) is 2.88. The molecule has 0 amide bonds. The van der Waals surface area contributed by atoms with Crippen molar-refractivity contribution in [2.45, 2.75) is 18.4 Å². The average molecular weight is 212 g/mol. The fourth-order valence-electron chi connectivity index (χ4n) is 1.60. The van der Waals surface area contributed by atoms with Crippen molar-refractivity contribution in [3.8, 4) is 0 Å². The molecule has 0 heterocycles. The van der Waals surface area contributed by atoms with Gasteiger partial charge >= 0.3 is 0 Å². The summed E-state index contributed by atoms with van der Waals surface area (Å²) in [4.78, 5) is 1.86. The van der Waals surface area contributed by atoms with Crippen LogP contribution in [0.2, 0.25) is 0 Å². The van der Waals surface area contributed by atoms with Gasteiger partial charge in [-0.15, -0.1) is 0 Å². The Bertz CT molecular complexity index is 375. The molecule has 0 saturated heterocycles. The van der Waals surface area contributed by atoms with Crippen LogP contribution in [0.15, 0.2) is 18.2 Å². The molecule has 0 atom stereocenters. The largest absolute Gasteiger partial charge is 0.373 e. The zero-order valence-electron chi connectivity index (χ0n) is 8.63. The Morgan fingerprint density at radius 3 is 2.53 bits per heavy atom. The molecule has 1 saturated carbocycles. The van der Waals surface area contributed by atoms with E-state index in [0.717, 1.165) is 18.9 Å². The summed E-state index contributed by atoms with van der Waals surface area (Å²) in [5.41, 5.74) is 6.48. The lowest BCUT2D eigenvalue weighted by atomic mass is 10.2. The molecular weight excluding hydrogens is 198 g/mol. The molecule has 0 spiro atoms. The summed E-state index contributed by atoms with van der Waals surface area (Å²) < 4.78 is 25.6. The van der Waals surface area contributed by atoms with Crippen molar-refractivity contribution >= 4 is 5.69 Å². The summed E-state index contributed by atoms with van der Waals surface area (Å²) in [6, 6.07) is 3.89. The molecule has 1 aliphatic rings. The third kappa shape index (κ3) is 2.26. The maximum Gasteiger partial charge on any atom is 0.160 e. The maximum absolute atomic E-state index is 13.0. The van der Waals surface area contributed by atoms with Crippen molar-refractivity contribution in [3.05, 3.63) is 29.8 Å². The highest BCUT2D eigenvalue weighted by Gasteiger charge is 2.39. The van der Waals surface area contributed by atoms with E-state index in [0.29, 0.717) is 12.2 Å². The summed E-state index contributed by atoms with van der Waals surface area (Å²) in [5, 5.41) is 0. The van der Waals surface area contributed by atoms with Crippen molar-refractivity contribution in [1.82, 2.24) is 0 Å². The zero-order chi connectivity index (χ0) is 11.1. The van der Waals surface area contributed by atoms with E-state index in [1.165, 1.54) is 6.07 Å². The van der Waals surface area contributed by atoms with E-state index in [-0.39, 0.29) is 5.54 Å². The van der Waals surface area contributed by atoms with Crippen LogP contribution in [0.1, 0.15) is 12.8 Å². The van der Waals surface area contributed by atoms with Crippen LogP contribution in [0.25, 0.3) is 0 Å². The first-order chi connectivity index (χ1) is 7.00. The highest BCUT2D eigenvalue weighted by atomic mass is 19.2. The molecule has 15 heavy (non-hydrogen) atoms. The van der Waals surface area contributed by atoms with E-state index in [1.807, 2.05) is 11.9 Å². The minimum absolute atomic E-state index is 0.125. The maximum atomic E-state index is 13.0. The Labute approximate surface area is 87.7 Å². The molecule has 4 heteroatoms. The summed E-state index contributed by atoms with van der Waals surface area (Å²) in [6.45, 7) is 0.679. The van der Waals surface area contributed by atoms with Gasteiger partial charge in [-0.05, 0) is 25.0 Å².